The van der Waals surface area contributed by atoms with Gasteiger partial charge in [-0.2, -0.15) is 0 Å². The minimum atomic E-state index is -0.928. The SMILES string of the molecule is Cc1ccc(N2C(=O)N(C(=O)c3ccccc3Cl)C3CC2(C)Oc2ccccc23)cc1. The van der Waals surface area contributed by atoms with Crippen molar-refractivity contribution in [1.82, 2.24) is 4.90 Å². The molecule has 156 valence electrons. The fourth-order valence-corrected chi connectivity index (χ4v) is 4.69. The van der Waals surface area contributed by atoms with Gasteiger partial charge in [0.15, 0.2) is 5.72 Å². The molecule has 6 heteroatoms. The van der Waals surface area contributed by atoms with Crippen LogP contribution in [0.2, 0.25) is 5.02 Å². The number of ether oxygens (including phenoxy) is 1. The van der Waals surface area contributed by atoms with Crippen molar-refractivity contribution in [3.8, 4) is 5.75 Å². The van der Waals surface area contributed by atoms with Crippen LogP contribution in [-0.4, -0.2) is 22.6 Å². The molecule has 0 saturated carbocycles. The second kappa shape index (κ2) is 7.13. The molecule has 3 amide bonds. The maximum Gasteiger partial charge on any atom is 0.335 e. The summed E-state index contributed by atoms with van der Waals surface area (Å²) in [4.78, 5) is 30.4. The zero-order valence-electron chi connectivity index (χ0n) is 17.2. The van der Waals surface area contributed by atoms with Crippen molar-refractivity contribution < 1.29 is 14.3 Å². The summed E-state index contributed by atoms with van der Waals surface area (Å²) >= 11 is 6.32. The highest BCUT2D eigenvalue weighted by Crippen LogP contribution is 2.49. The molecular formula is C25H21ClN2O3. The number of urea groups is 1. The van der Waals surface area contributed by atoms with Crippen LogP contribution in [0.3, 0.4) is 0 Å². The summed E-state index contributed by atoms with van der Waals surface area (Å²) in [5.74, 6) is 0.249. The van der Waals surface area contributed by atoms with Gasteiger partial charge in [0.1, 0.15) is 5.75 Å². The zero-order chi connectivity index (χ0) is 21.8. The van der Waals surface area contributed by atoms with Gasteiger partial charge in [-0.3, -0.25) is 14.6 Å². The average molecular weight is 433 g/mol. The number of amides is 3. The molecule has 2 atom stereocenters. The molecular weight excluding hydrogens is 412 g/mol. The molecule has 2 heterocycles. The summed E-state index contributed by atoms with van der Waals surface area (Å²) in [6.07, 6.45) is 0.444. The van der Waals surface area contributed by atoms with Crippen LogP contribution in [0.1, 0.15) is 40.9 Å². The topological polar surface area (TPSA) is 49.9 Å². The highest BCUT2D eigenvalue weighted by atomic mass is 35.5. The molecule has 3 aromatic carbocycles. The van der Waals surface area contributed by atoms with Crippen molar-refractivity contribution in [2.24, 2.45) is 0 Å². The molecule has 2 aliphatic rings. The van der Waals surface area contributed by atoms with Crippen LogP contribution in [0.25, 0.3) is 0 Å². The van der Waals surface area contributed by atoms with Crippen LogP contribution in [0.15, 0.2) is 72.8 Å². The van der Waals surface area contributed by atoms with Crippen molar-refractivity contribution in [1.29, 1.82) is 0 Å². The standard InChI is InChI=1S/C25H21ClN2O3/c1-16-11-13-17(14-12-16)28-24(30)27(23(29)18-7-3-5-9-20(18)26)21-15-25(28,2)31-22-10-6-4-8-19(21)22/h3-14,21H,15H2,1-2H3. The lowest BCUT2D eigenvalue weighted by Crippen LogP contribution is -2.67. The van der Waals surface area contributed by atoms with Crippen LogP contribution in [0, 0.1) is 6.92 Å². The van der Waals surface area contributed by atoms with Gasteiger partial charge in [-0.25, -0.2) is 4.79 Å². The van der Waals surface area contributed by atoms with Crippen LogP contribution in [0.4, 0.5) is 10.5 Å². The normalized spacial score (nSPS) is 22.0. The second-order valence-electron chi connectivity index (χ2n) is 8.14. The first-order valence-electron chi connectivity index (χ1n) is 10.2. The Labute approximate surface area is 185 Å². The lowest BCUT2D eigenvalue weighted by Gasteiger charge is -2.53. The quantitative estimate of drug-likeness (QED) is 0.501. The Hall–Kier alpha value is -3.31. The van der Waals surface area contributed by atoms with Gasteiger partial charge < -0.3 is 4.74 Å². The zero-order valence-corrected chi connectivity index (χ0v) is 18.0. The summed E-state index contributed by atoms with van der Waals surface area (Å²) in [5.41, 5.74) is 1.94. The van der Waals surface area contributed by atoms with Crippen molar-refractivity contribution in [3.05, 3.63) is 94.5 Å². The van der Waals surface area contributed by atoms with Crippen molar-refractivity contribution >= 4 is 29.2 Å². The molecule has 0 N–H and O–H groups in total. The number of para-hydroxylation sites is 1. The van der Waals surface area contributed by atoms with E-state index in [0.29, 0.717) is 28.4 Å². The Morgan fingerprint density at radius 2 is 1.71 bits per heavy atom. The smallest absolute Gasteiger partial charge is 0.335 e. The maximum absolute atomic E-state index is 13.9. The lowest BCUT2D eigenvalue weighted by atomic mass is 9.88. The van der Waals surface area contributed by atoms with Gasteiger partial charge >= 0.3 is 6.03 Å². The minimum absolute atomic E-state index is 0.300. The number of benzene rings is 3. The number of rotatable bonds is 2. The van der Waals surface area contributed by atoms with E-state index in [1.54, 1.807) is 29.2 Å². The Morgan fingerprint density at radius 3 is 2.45 bits per heavy atom. The lowest BCUT2D eigenvalue weighted by molar-refractivity contribution is 0.00269. The van der Waals surface area contributed by atoms with E-state index in [4.69, 9.17) is 16.3 Å². The van der Waals surface area contributed by atoms with Crippen molar-refractivity contribution in [2.75, 3.05) is 4.90 Å². The van der Waals surface area contributed by atoms with Crippen LogP contribution < -0.4 is 9.64 Å². The molecule has 3 aromatic rings. The van der Waals surface area contributed by atoms with Gasteiger partial charge in [-0.1, -0.05) is 59.6 Å². The van der Waals surface area contributed by atoms with Crippen LogP contribution >= 0.6 is 11.6 Å². The first kappa shape index (κ1) is 19.6. The van der Waals surface area contributed by atoms with Gasteiger partial charge in [0.25, 0.3) is 5.91 Å². The van der Waals surface area contributed by atoms with Gasteiger partial charge in [-0.05, 0) is 44.2 Å². The van der Waals surface area contributed by atoms with Crippen molar-refractivity contribution in [3.63, 3.8) is 0 Å². The first-order chi connectivity index (χ1) is 14.9. The summed E-state index contributed by atoms with van der Waals surface area (Å²) in [6, 6.07) is 21.1. The molecule has 5 rings (SSSR count). The highest BCUT2D eigenvalue weighted by molar-refractivity contribution is 6.34. The van der Waals surface area contributed by atoms with E-state index in [-0.39, 0.29) is 0 Å². The number of hydrogen-bond donors (Lipinski definition) is 0. The number of aryl methyl sites for hydroxylation is 1. The molecule has 1 saturated heterocycles. The maximum atomic E-state index is 13.9. The van der Waals surface area contributed by atoms with Gasteiger partial charge in [0.05, 0.1) is 16.6 Å². The monoisotopic (exact) mass is 432 g/mol. The van der Waals surface area contributed by atoms with E-state index in [0.717, 1.165) is 11.1 Å². The highest BCUT2D eigenvalue weighted by Gasteiger charge is 2.55. The van der Waals surface area contributed by atoms with Gasteiger partial charge in [0, 0.05) is 17.7 Å². The predicted octanol–water partition coefficient (Wildman–Crippen LogP) is 5.97. The molecule has 2 unspecified atom stereocenters. The number of carbonyl (C=O) groups excluding carboxylic acids is 2. The largest absolute Gasteiger partial charge is 0.467 e. The van der Waals surface area contributed by atoms with E-state index in [2.05, 4.69) is 0 Å². The second-order valence-corrected chi connectivity index (χ2v) is 8.55. The van der Waals surface area contributed by atoms with E-state index < -0.39 is 23.7 Å². The number of halogens is 1. The van der Waals surface area contributed by atoms with E-state index in [1.165, 1.54) is 4.90 Å². The van der Waals surface area contributed by atoms with E-state index in [9.17, 15) is 9.59 Å². The molecule has 2 bridgehead atoms. The molecule has 0 spiro atoms. The summed E-state index contributed by atoms with van der Waals surface area (Å²) in [7, 11) is 0. The number of fused-ring (bicyclic) bond motifs is 4. The third kappa shape index (κ3) is 3.08. The first-order valence-corrected chi connectivity index (χ1v) is 10.5. The number of hydrogen-bond acceptors (Lipinski definition) is 3. The summed E-state index contributed by atoms with van der Waals surface area (Å²) in [5, 5.41) is 0.316. The fourth-order valence-electron chi connectivity index (χ4n) is 4.48. The number of carbonyl (C=O) groups is 2. The Bertz CT molecular complexity index is 1190. The molecule has 1 fully saturated rings. The van der Waals surface area contributed by atoms with E-state index in [1.807, 2.05) is 62.4 Å². The number of anilines is 1. The van der Waals surface area contributed by atoms with Crippen LogP contribution in [0.5, 0.6) is 5.75 Å². The molecule has 0 aromatic heterocycles. The third-order valence-corrected chi connectivity index (χ3v) is 6.31. The summed E-state index contributed by atoms with van der Waals surface area (Å²) in [6.45, 7) is 3.88. The van der Waals surface area contributed by atoms with Gasteiger partial charge in [-0.15, -0.1) is 0 Å². The van der Waals surface area contributed by atoms with Crippen molar-refractivity contribution in [2.45, 2.75) is 32.0 Å². The fraction of sp³-hybridized carbons (Fsp3) is 0.200. The van der Waals surface area contributed by atoms with Gasteiger partial charge in [0.2, 0.25) is 0 Å². The van der Waals surface area contributed by atoms with E-state index >= 15 is 0 Å². The molecule has 0 aliphatic carbocycles. The number of imide groups is 1. The molecule has 0 radical (unpaired) electrons. The van der Waals surface area contributed by atoms with Crippen LogP contribution in [-0.2, 0) is 0 Å². The molecule has 31 heavy (non-hydrogen) atoms. The Balaban J connectivity index is 1.68. The predicted molar refractivity (Wildman–Crippen MR) is 120 cm³/mol. The molecule has 2 aliphatic heterocycles. The Kier molecular flexibility index (Phi) is 4.52. The minimum Gasteiger partial charge on any atom is -0.467 e. The summed E-state index contributed by atoms with van der Waals surface area (Å²) < 4.78 is 6.36. The third-order valence-electron chi connectivity index (χ3n) is 5.98. The number of nitrogens with zero attached hydrogens (tertiary/aromatic N) is 2. The average Bonchev–Trinajstić information content (AvgIpc) is 2.75. The Morgan fingerprint density at radius 1 is 1.03 bits per heavy atom. The molecule has 5 nitrogen and oxygen atoms in total.